The van der Waals surface area contributed by atoms with Gasteiger partial charge in [-0.05, 0) is 49.6 Å². The van der Waals surface area contributed by atoms with E-state index in [4.69, 9.17) is 0 Å². The summed E-state index contributed by atoms with van der Waals surface area (Å²) in [4.78, 5) is 24.2. The number of rotatable bonds is 3. The van der Waals surface area contributed by atoms with Crippen LogP contribution in [0.1, 0.15) is 28.8 Å². The normalized spacial score (nSPS) is 14.1. The SMILES string of the molecule is Cc1cnc2c(C(=O)Nc3ccc(N4CCCC4)c4ncccc34)cnn2c1. The van der Waals surface area contributed by atoms with Gasteiger partial charge in [-0.15, -0.1) is 0 Å². The molecule has 4 aromatic rings. The minimum Gasteiger partial charge on any atom is -0.370 e. The van der Waals surface area contributed by atoms with Crippen LogP contribution in [0, 0.1) is 6.92 Å². The van der Waals surface area contributed by atoms with E-state index in [0.29, 0.717) is 11.2 Å². The lowest BCUT2D eigenvalue weighted by Crippen LogP contribution is -2.18. The maximum absolute atomic E-state index is 12.9. The van der Waals surface area contributed by atoms with Crippen molar-refractivity contribution in [3.8, 4) is 0 Å². The first kappa shape index (κ1) is 16.7. The highest BCUT2D eigenvalue weighted by molar-refractivity contribution is 6.12. The zero-order valence-electron chi connectivity index (χ0n) is 15.6. The molecule has 1 saturated heterocycles. The Kier molecular flexibility index (Phi) is 3.93. The number of nitrogens with one attached hydrogen (secondary N) is 1. The lowest BCUT2D eigenvalue weighted by Gasteiger charge is -2.20. The Morgan fingerprint density at radius 3 is 2.82 bits per heavy atom. The number of anilines is 2. The predicted molar refractivity (Wildman–Crippen MR) is 109 cm³/mol. The molecular weight excluding hydrogens is 352 g/mol. The Balaban J connectivity index is 1.52. The first-order chi connectivity index (χ1) is 13.7. The van der Waals surface area contributed by atoms with Crippen molar-refractivity contribution < 1.29 is 4.79 Å². The highest BCUT2D eigenvalue weighted by Gasteiger charge is 2.19. The largest absolute Gasteiger partial charge is 0.370 e. The number of amides is 1. The summed E-state index contributed by atoms with van der Waals surface area (Å²) in [5.74, 6) is -0.231. The second-order valence-corrected chi connectivity index (χ2v) is 7.14. The average Bonchev–Trinajstić information content (AvgIpc) is 3.38. The molecule has 1 aliphatic heterocycles. The molecule has 1 aromatic carbocycles. The molecule has 7 heteroatoms. The summed E-state index contributed by atoms with van der Waals surface area (Å²) < 4.78 is 1.63. The monoisotopic (exact) mass is 372 g/mol. The van der Waals surface area contributed by atoms with Crippen LogP contribution in [0.5, 0.6) is 0 Å². The smallest absolute Gasteiger partial charge is 0.261 e. The summed E-state index contributed by atoms with van der Waals surface area (Å²) in [5.41, 5.74) is 4.74. The van der Waals surface area contributed by atoms with E-state index in [0.717, 1.165) is 40.9 Å². The van der Waals surface area contributed by atoms with Gasteiger partial charge in [0, 0.05) is 37.1 Å². The quantitative estimate of drug-likeness (QED) is 0.596. The molecule has 7 nitrogen and oxygen atoms in total. The fraction of sp³-hybridized carbons (Fsp3) is 0.238. The van der Waals surface area contributed by atoms with Gasteiger partial charge in [-0.1, -0.05) is 0 Å². The number of benzene rings is 1. The highest BCUT2D eigenvalue weighted by atomic mass is 16.1. The second-order valence-electron chi connectivity index (χ2n) is 7.14. The summed E-state index contributed by atoms with van der Waals surface area (Å²) in [6.07, 6.45) is 9.34. The van der Waals surface area contributed by atoms with Gasteiger partial charge < -0.3 is 10.2 Å². The van der Waals surface area contributed by atoms with Gasteiger partial charge in [0.1, 0.15) is 5.56 Å². The Hall–Kier alpha value is -3.48. The van der Waals surface area contributed by atoms with Crippen molar-refractivity contribution in [2.24, 2.45) is 0 Å². The van der Waals surface area contributed by atoms with E-state index in [1.807, 2.05) is 37.4 Å². The minimum absolute atomic E-state index is 0.231. The topological polar surface area (TPSA) is 75.4 Å². The highest BCUT2D eigenvalue weighted by Crippen LogP contribution is 2.32. The first-order valence-electron chi connectivity index (χ1n) is 9.45. The van der Waals surface area contributed by atoms with Crippen molar-refractivity contribution in [2.75, 3.05) is 23.3 Å². The molecule has 1 fully saturated rings. The summed E-state index contributed by atoms with van der Waals surface area (Å²) >= 11 is 0. The van der Waals surface area contributed by atoms with Crippen LogP contribution >= 0.6 is 0 Å². The summed E-state index contributed by atoms with van der Waals surface area (Å²) in [7, 11) is 0. The molecule has 140 valence electrons. The molecule has 0 saturated carbocycles. The maximum Gasteiger partial charge on any atom is 0.261 e. The number of aromatic nitrogens is 4. The summed E-state index contributed by atoms with van der Waals surface area (Å²) in [6, 6.07) is 7.90. The van der Waals surface area contributed by atoms with Crippen LogP contribution in [0.25, 0.3) is 16.6 Å². The Morgan fingerprint density at radius 2 is 1.96 bits per heavy atom. The predicted octanol–water partition coefficient (Wildman–Crippen LogP) is 3.44. The number of carbonyl (C=O) groups excluding carboxylic acids is 1. The van der Waals surface area contributed by atoms with Gasteiger partial charge in [0.15, 0.2) is 5.65 Å². The van der Waals surface area contributed by atoms with Gasteiger partial charge in [-0.3, -0.25) is 9.78 Å². The van der Waals surface area contributed by atoms with Crippen molar-refractivity contribution in [3.63, 3.8) is 0 Å². The standard InChI is InChI=1S/C21H20N6O/c1-14-11-23-20-16(12-24-27(20)13-14)21(28)25-17-6-7-18(26-9-2-3-10-26)19-15(17)5-4-8-22-19/h4-8,11-13H,2-3,9-10H2,1H3,(H,25,28). The number of hydrogen-bond acceptors (Lipinski definition) is 5. The number of hydrogen-bond donors (Lipinski definition) is 1. The van der Waals surface area contributed by atoms with Gasteiger partial charge in [0.2, 0.25) is 0 Å². The van der Waals surface area contributed by atoms with Crippen molar-refractivity contribution in [1.82, 2.24) is 19.6 Å². The van der Waals surface area contributed by atoms with Crippen molar-refractivity contribution in [1.29, 1.82) is 0 Å². The number of nitrogens with zero attached hydrogens (tertiary/aromatic N) is 5. The van der Waals surface area contributed by atoms with Gasteiger partial charge in [0.05, 0.1) is 23.1 Å². The van der Waals surface area contributed by atoms with E-state index >= 15 is 0 Å². The number of aryl methyl sites for hydroxylation is 1. The van der Waals surface area contributed by atoms with Gasteiger partial charge in [-0.25, -0.2) is 9.50 Å². The lowest BCUT2D eigenvalue weighted by atomic mass is 10.1. The molecule has 3 aromatic heterocycles. The number of pyridine rings is 1. The van der Waals surface area contributed by atoms with E-state index in [9.17, 15) is 4.79 Å². The second kappa shape index (κ2) is 6.60. The number of fused-ring (bicyclic) bond motifs is 2. The fourth-order valence-corrected chi connectivity index (χ4v) is 3.80. The molecule has 0 radical (unpaired) electrons. The summed E-state index contributed by atoms with van der Waals surface area (Å²) in [6.45, 7) is 4.03. The zero-order chi connectivity index (χ0) is 19.1. The van der Waals surface area contributed by atoms with Crippen LogP contribution < -0.4 is 10.2 Å². The molecule has 1 aliphatic rings. The van der Waals surface area contributed by atoms with E-state index in [1.165, 1.54) is 12.8 Å². The Morgan fingerprint density at radius 1 is 1.11 bits per heavy atom. The Labute approximate surface area is 162 Å². The third kappa shape index (κ3) is 2.76. The molecule has 0 unspecified atom stereocenters. The van der Waals surface area contributed by atoms with Crippen LogP contribution in [0.15, 0.2) is 49.1 Å². The van der Waals surface area contributed by atoms with Gasteiger partial charge >= 0.3 is 0 Å². The molecule has 1 N–H and O–H groups in total. The molecule has 0 aliphatic carbocycles. The first-order valence-corrected chi connectivity index (χ1v) is 9.45. The average molecular weight is 372 g/mol. The van der Waals surface area contributed by atoms with Crippen LogP contribution in [0.4, 0.5) is 11.4 Å². The molecule has 0 atom stereocenters. The van der Waals surface area contributed by atoms with Crippen molar-refractivity contribution in [2.45, 2.75) is 19.8 Å². The minimum atomic E-state index is -0.231. The molecule has 0 bridgehead atoms. The molecular formula is C21H20N6O. The van der Waals surface area contributed by atoms with Crippen molar-refractivity contribution in [3.05, 3.63) is 60.2 Å². The van der Waals surface area contributed by atoms with Crippen LogP contribution in [-0.2, 0) is 0 Å². The maximum atomic E-state index is 12.9. The van der Waals surface area contributed by atoms with Crippen LogP contribution in [0.3, 0.4) is 0 Å². The van der Waals surface area contributed by atoms with Crippen molar-refractivity contribution >= 4 is 33.8 Å². The fourth-order valence-electron chi connectivity index (χ4n) is 3.80. The third-order valence-electron chi connectivity index (χ3n) is 5.17. The van der Waals surface area contributed by atoms with Crippen LogP contribution in [0.2, 0.25) is 0 Å². The zero-order valence-corrected chi connectivity index (χ0v) is 15.6. The van der Waals surface area contributed by atoms with E-state index in [-0.39, 0.29) is 5.91 Å². The lowest BCUT2D eigenvalue weighted by molar-refractivity contribution is 0.102. The van der Waals surface area contributed by atoms with Crippen LogP contribution in [-0.4, -0.2) is 38.6 Å². The molecule has 28 heavy (non-hydrogen) atoms. The molecule has 4 heterocycles. The summed E-state index contributed by atoms with van der Waals surface area (Å²) in [5, 5.41) is 8.20. The van der Waals surface area contributed by atoms with Gasteiger partial charge in [0.25, 0.3) is 5.91 Å². The van der Waals surface area contributed by atoms with Gasteiger partial charge in [-0.2, -0.15) is 5.10 Å². The van der Waals surface area contributed by atoms with E-state index in [1.54, 1.807) is 23.1 Å². The molecule has 0 spiro atoms. The van der Waals surface area contributed by atoms with E-state index < -0.39 is 0 Å². The third-order valence-corrected chi connectivity index (χ3v) is 5.17. The number of carbonyl (C=O) groups is 1. The molecule has 1 amide bonds. The molecule has 5 rings (SSSR count). The van der Waals surface area contributed by atoms with E-state index in [2.05, 4.69) is 25.3 Å². The Bertz CT molecular complexity index is 1190.